The number of nitrogens with zero attached hydrogens (tertiary/aromatic N) is 1. The predicted octanol–water partition coefficient (Wildman–Crippen LogP) is 1.06. The molecule has 0 radical (unpaired) electrons. The predicted molar refractivity (Wildman–Crippen MR) is 63.4 cm³/mol. The Morgan fingerprint density at radius 1 is 1.33 bits per heavy atom. The standard InChI is InChI=1S/C11H21NO2S/c1-10(13)11(2,3)9-12-5-4-7-15(14)8-6-12/h4-9H2,1-3H3. The van der Waals surface area contributed by atoms with Crippen LogP contribution < -0.4 is 0 Å². The summed E-state index contributed by atoms with van der Waals surface area (Å²) in [6.07, 6.45) is 0.987. The van der Waals surface area contributed by atoms with Gasteiger partial charge in [0.1, 0.15) is 5.78 Å². The molecule has 0 spiro atoms. The molecular weight excluding hydrogens is 210 g/mol. The summed E-state index contributed by atoms with van der Waals surface area (Å²) in [5.41, 5.74) is -0.272. The van der Waals surface area contributed by atoms with Crippen molar-refractivity contribution in [1.82, 2.24) is 4.90 Å². The molecule has 0 amide bonds. The topological polar surface area (TPSA) is 37.4 Å². The van der Waals surface area contributed by atoms with Crippen LogP contribution in [-0.4, -0.2) is 46.0 Å². The second kappa shape index (κ2) is 5.21. The van der Waals surface area contributed by atoms with E-state index in [9.17, 15) is 9.00 Å². The maximum atomic E-state index is 11.4. The number of carbonyl (C=O) groups is 1. The van der Waals surface area contributed by atoms with Gasteiger partial charge in [0.15, 0.2) is 0 Å². The monoisotopic (exact) mass is 231 g/mol. The zero-order valence-corrected chi connectivity index (χ0v) is 10.7. The quantitative estimate of drug-likeness (QED) is 0.729. The van der Waals surface area contributed by atoms with Gasteiger partial charge in [-0.3, -0.25) is 9.00 Å². The maximum Gasteiger partial charge on any atom is 0.136 e. The molecule has 1 atom stereocenters. The number of carbonyl (C=O) groups excluding carboxylic acids is 1. The zero-order chi connectivity index (χ0) is 11.5. The van der Waals surface area contributed by atoms with Gasteiger partial charge in [-0.25, -0.2) is 0 Å². The lowest BCUT2D eigenvalue weighted by Gasteiger charge is -2.29. The smallest absolute Gasteiger partial charge is 0.136 e. The van der Waals surface area contributed by atoms with Gasteiger partial charge in [0.2, 0.25) is 0 Å². The van der Waals surface area contributed by atoms with Gasteiger partial charge in [-0.1, -0.05) is 13.8 Å². The number of hydrogen-bond donors (Lipinski definition) is 0. The van der Waals surface area contributed by atoms with Crippen molar-refractivity contribution >= 4 is 16.6 Å². The van der Waals surface area contributed by atoms with Gasteiger partial charge in [-0.2, -0.15) is 0 Å². The van der Waals surface area contributed by atoms with E-state index in [1.165, 1.54) is 0 Å². The van der Waals surface area contributed by atoms with Crippen molar-refractivity contribution in [3.05, 3.63) is 0 Å². The Kier molecular flexibility index (Phi) is 4.46. The van der Waals surface area contributed by atoms with Crippen molar-refractivity contribution in [2.24, 2.45) is 5.41 Å². The van der Waals surface area contributed by atoms with E-state index in [0.29, 0.717) is 0 Å². The van der Waals surface area contributed by atoms with E-state index in [4.69, 9.17) is 0 Å². The summed E-state index contributed by atoms with van der Waals surface area (Å²) < 4.78 is 11.3. The fourth-order valence-corrected chi connectivity index (χ4v) is 2.84. The van der Waals surface area contributed by atoms with Gasteiger partial charge >= 0.3 is 0 Å². The summed E-state index contributed by atoms with van der Waals surface area (Å²) in [6.45, 7) is 8.25. The van der Waals surface area contributed by atoms with E-state index in [1.54, 1.807) is 6.92 Å². The Morgan fingerprint density at radius 3 is 2.60 bits per heavy atom. The van der Waals surface area contributed by atoms with Gasteiger partial charge in [0, 0.05) is 40.8 Å². The van der Waals surface area contributed by atoms with Crippen LogP contribution >= 0.6 is 0 Å². The van der Waals surface area contributed by atoms with E-state index in [0.717, 1.165) is 37.6 Å². The molecule has 1 unspecified atom stereocenters. The lowest BCUT2D eigenvalue weighted by atomic mass is 9.88. The van der Waals surface area contributed by atoms with Crippen LogP contribution in [0.4, 0.5) is 0 Å². The molecule has 1 saturated heterocycles. The lowest BCUT2D eigenvalue weighted by Crippen LogP contribution is -2.39. The average Bonchev–Trinajstić information content (AvgIpc) is 2.30. The van der Waals surface area contributed by atoms with Gasteiger partial charge in [-0.05, 0) is 19.9 Å². The summed E-state index contributed by atoms with van der Waals surface area (Å²) >= 11 is 0. The second-order valence-electron chi connectivity index (χ2n) is 4.92. The van der Waals surface area contributed by atoms with E-state index >= 15 is 0 Å². The van der Waals surface area contributed by atoms with Crippen LogP contribution in [0.1, 0.15) is 27.2 Å². The van der Waals surface area contributed by atoms with Crippen LogP contribution in [0.5, 0.6) is 0 Å². The molecule has 0 aromatic heterocycles. The summed E-state index contributed by atoms with van der Waals surface area (Å²) in [5.74, 6) is 1.80. The molecule has 88 valence electrons. The van der Waals surface area contributed by atoms with Gasteiger partial charge in [-0.15, -0.1) is 0 Å². The van der Waals surface area contributed by atoms with Crippen LogP contribution in [0.3, 0.4) is 0 Å². The first-order valence-electron chi connectivity index (χ1n) is 5.50. The Bertz CT molecular complexity index is 263. The third-order valence-electron chi connectivity index (χ3n) is 3.05. The molecule has 1 fully saturated rings. The molecule has 4 heteroatoms. The number of hydrogen-bond acceptors (Lipinski definition) is 3. The number of ketones is 1. The molecule has 1 heterocycles. The first-order chi connectivity index (χ1) is 6.92. The minimum absolute atomic E-state index is 0.230. The van der Waals surface area contributed by atoms with Crippen LogP contribution in [0.2, 0.25) is 0 Å². The van der Waals surface area contributed by atoms with Crippen molar-refractivity contribution in [3.63, 3.8) is 0 Å². The van der Waals surface area contributed by atoms with Gasteiger partial charge in [0.25, 0.3) is 0 Å². The summed E-state index contributed by atoms with van der Waals surface area (Å²) in [5, 5.41) is 0. The van der Waals surface area contributed by atoms with E-state index in [-0.39, 0.29) is 11.2 Å². The summed E-state index contributed by atoms with van der Waals surface area (Å²) in [4.78, 5) is 13.7. The molecule has 0 N–H and O–H groups in total. The fourth-order valence-electron chi connectivity index (χ4n) is 1.72. The Labute approximate surface area is 94.7 Å². The Balaban J connectivity index is 2.51. The second-order valence-corrected chi connectivity index (χ2v) is 6.61. The molecule has 0 aromatic rings. The summed E-state index contributed by atoms with van der Waals surface area (Å²) in [7, 11) is -0.644. The molecule has 1 aliphatic rings. The van der Waals surface area contributed by atoms with Crippen LogP contribution in [0, 0.1) is 5.41 Å². The van der Waals surface area contributed by atoms with Gasteiger partial charge in [0.05, 0.1) is 0 Å². The zero-order valence-electron chi connectivity index (χ0n) is 9.91. The minimum atomic E-state index is -0.644. The molecule has 1 aliphatic heterocycles. The SMILES string of the molecule is CC(=O)C(C)(C)CN1CCCS(=O)CC1. The lowest BCUT2D eigenvalue weighted by molar-refractivity contribution is -0.125. The third kappa shape index (κ3) is 4.03. The molecule has 0 aromatic carbocycles. The normalized spacial score (nSPS) is 24.9. The highest BCUT2D eigenvalue weighted by Gasteiger charge is 2.27. The van der Waals surface area contributed by atoms with Gasteiger partial charge < -0.3 is 4.90 Å². The number of rotatable bonds is 3. The average molecular weight is 231 g/mol. The molecule has 1 rings (SSSR count). The molecule has 0 bridgehead atoms. The third-order valence-corrected chi connectivity index (χ3v) is 4.44. The molecule has 3 nitrogen and oxygen atoms in total. The molecule has 15 heavy (non-hydrogen) atoms. The first kappa shape index (κ1) is 12.8. The highest BCUT2D eigenvalue weighted by atomic mass is 32.2. The van der Waals surface area contributed by atoms with Crippen molar-refractivity contribution in [1.29, 1.82) is 0 Å². The van der Waals surface area contributed by atoms with Crippen molar-refractivity contribution in [2.45, 2.75) is 27.2 Å². The van der Waals surface area contributed by atoms with Crippen molar-refractivity contribution < 1.29 is 9.00 Å². The largest absolute Gasteiger partial charge is 0.301 e. The molecular formula is C11H21NO2S. The molecule has 0 aliphatic carbocycles. The summed E-state index contributed by atoms with van der Waals surface area (Å²) in [6, 6.07) is 0. The maximum absolute atomic E-state index is 11.4. The van der Waals surface area contributed by atoms with E-state index < -0.39 is 10.8 Å². The van der Waals surface area contributed by atoms with Crippen LogP contribution in [0.25, 0.3) is 0 Å². The Morgan fingerprint density at radius 2 is 2.00 bits per heavy atom. The van der Waals surface area contributed by atoms with Crippen molar-refractivity contribution in [2.75, 3.05) is 31.1 Å². The van der Waals surface area contributed by atoms with Crippen LogP contribution in [-0.2, 0) is 15.6 Å². The number of Topliss-reactive ketones (excluding diaryl/α,β-unsaturated/α-hetero) is 1. The highest BCUT2D eigenvalue weighted by Crippen LogP contribution is 2.19. The minimum Gasteiger partial charge on any atom is -0.301 e. The highest BCUT2D eigenvalue weighted by molar-refractivity contribution is 7.85. The van der Waals surface area contributed by atoms with E-state index in [1.807, 2.05) is 13.8 Å². The van der Waals surface area contributed by atoms with Crippen molar-refractivity contribution in [3.8, 4) is 0 Å². The van der Waals surface area contributed by atoms with E-state index in [2.05, 4.69) is 4.90 Å². The first-order valence-corrected chi connectivity index (χ1v) is 6.99. The van der Waals surface area contributed by atoms with Crippen LogP contribution in [0.15, 0.2) is 0 Å². The Hall–Kier alpha value is -0.220. The molecule has 0 saturated carbocycles. The fraction of sp³-hybridized carbons (Fsp3) is 0.909.